The average Bonchev–Trinajstić information content (AvgIpc) is 2.97. The normalized spacial score (nSPS) is 17.7. The Morgan fingerprint density at radius 1 is 1.23 bits per heavy atom. The van der Waals surface area contributed by atoms with Crippen molar-refractivity contribution < 1.29 is 9.18 Å². The van der Waals surface area contributed by atoms with Crippen LogP contribution in [0.2, 0.25) is 0 Å². The van der Waals surface area contributed by atoms with Crippen molar-refractivity contribution in [3.05, 3.63) is 71.0 Å². The van der Waals surface area contributed by atoms with Crippen LogP contribution in [-0.2, 0) is 11.2 Å². The molecular weight excluding hydrogens is 277 g/mol. The van der Waals surface area contributed by atoms with E-state index in [-0.39, 0.29) is 24.2 Å². The lowest BCUT2D eigenvalue weighted by Crippen LogP contribution is -2.32. The van der Waals surface area contributed by atoms with Crippen LogP contribution in [0.3, 0.4) is 0 Å². The zero-order chi connectivity index (χ0) is 15.5. The monoisotopic (exact) mass is 297 g/mol. The summed E-state index contributed by atoms with van der Waals surface area (Å²) in [4.78, 5) is 14.6. The number of halogens is 1. The standard InChI is InChI=1S/C19H20FNO/c1-14-6-2-3-9-17(14)18-10-5-11-21(18)19(22)13-15-7-4-8-16(20)12-15/h2-4,6-9,12,18H,5,10-11,13H2,1H3/t18-/m0/s1. The van der Waals surface area contributed by atoms with Gasteiger partial charge in [0.2, 0.25) is 5.91 Å². The van der Waals surface area contributed by atoms with E-state index in [9.17, 15) is 9.18 Å². The number of amides is 1. The van der Waals surface area contributed by atoms with Crippen LogP contribution in [0.5, 0.6) is 0 Å². The van der Waals surface area contributed by atoms with Crippen LogP contribution in [0, 0.1) is 12.7 Å². The highest BCUT2D eigenvalue weighted by Crippen LogP contribution is 2.34. The predicted molar refractivity (Wildman–Crippen MR) is 85.0 cm³/mol. The summed E-state index contributed by atoms with van der Waals surface area (Å²) in [6.07, 6.45) is 2.29. The fourth-order valence-corrected chi connectivity index (χ4v) is 3.27. The van der Waals surface area contributed by atoms with Gasteiger partial charge in [-0.2, -0.15) is 0 Å². The lowest BCUT2D eigenvalue weighted by Gasteiger charge is -2.26. The minimum atomic E-state index is -0.290. The summed E-state index contributed by atoms with van der Waals surface area (Å²) in [5.41, 5.74) is 3.19. The summed E-state index contributed by atoms with van der Waals surface area (Å²) in [5, 5.41) is 0. The lowest BCUT2D eigenvalue weighted by molar-refractivity contribution is -0.131. The second-order valence-corrected chi connectivity index (χ2v) is 5.91. The third-order valence-electron chi connectivity index (χ3n) is 4.36. The number of benzene rings is 2. The van der Waals surface area contributed by atoms with Crippen molar-refractivity contribution in [2.24, 2.45) is 0 Å². The van der Waals surface area contributed by atoms with E-state index < -0.39 is 0 Å². The first-order chi connectivity index (χ1) is 10.6. The van der Waals surface area contributed by atoms with Crippen molar-refractivity contribution in [1.82, 2.24) is 4.90 Å². The molecule has 1 heterocycles. The van der Waals surface area contributed by atoms with E-state index in [1.165, 1.54) is 23.3 Å². The van der Waals surface area contributed by atoms with Gasteiger partial charge in [0.15, 0.2) is 0 Å². The highest BCUT2D eigenvalue weighted by Gasteiger charge is 2.30. The Balaban J connectivity index is 1.78. The molecule has 0 unspecified atom stereocenters. The largest absolute Gasteiger partial charge is 0.335 e. The summed E-state index contributed by atoms with van der Waals surface area (Å²) in [7, 11) is 0. The second kappa shape index (κ2) is 6.30. The molecule has 1 aliphatic rings. The van der Waals surface area contributed by atoms with Crippen LogP contribution in [-0.4, -0.2) is 17.4 Å². The third kappa shape index (κ3) is 3.03. The number of nitrogens with zero attached hydrogens (tertiary/aromatic N) is 1. The quantitative estimate of drug-likeness (QED) is 0.837. The van der Waals surface area contributed by atoms with Gasteiger partial charge >= 0.3 is 0 Å². The van der Waals surface area contributed by atoms with Gasteiger partial charge < -0.3 is 4.90 Å². The van der Waals surface area contributed by atoms with Gasteiger partial charge in [-0.1, -0.05) is 36.4 Å². The Morgan fingerprint density at radius 3 is 2.82 bits per heavy atom. The highest BCUT2D eigenvalue weighted by atomic mass is 19.1. The SMILES string of the molecule is Cc1ccccc1[C@@H]1CCCN1C(=O)Cc1cccc(F)c1. The molecule has 2 aromatic rings. The van der Waals surface area contributed by atoms with Gasteiger partial charge in [0.05, 0.1) is 12.5 Å². The highest BCUT2D eigenvalue weighted by molar-refractivity contribution is 5.79. The molecule has 1 atom stereocenters. The first-order valence-electron chi connectivity index (χ1n) is 7.74. The van der Waals surface area contributed by atoms with Gasteiger partial charge in [0.1, 0.15) is 5.82 Å². The molecule has 0 spiro atoms. The minimum Gasteiger partial charge on any atom is -0.335 e. The molecule has 1 aliphatic heterocycles. The first-order valence-corrected chi connectivity index (χ1v) is 7.74. The lowest BCUT2D eigenvalue weighted by atomic mass is 9.99. The molecule has 0 N–H and O–H groups in total. The molecule has 1 fully saturated rings. The molecule has 1 amide bonds. The van der Waals surface area contributed by atoms with E-state index in [1.54, 1.807) is 12.1 Å². The van der Waals surface area contributed by atoms with Gasteiger partial charge in [0.25, 0.3) is 0 Å². The summed E-state index contributed by atoms with van der Waals surface area (Å²) in [6.45, 7) is 2.87. The van der Waals surface area contributed by atoms with E-state index in [0.29, 0.717) is 0 Å². The molecule has 22 heavy (non-hydrogen) atoms. The van der Waals surface area contributed by atoms with E-state index >= 15 is 0 Å². The molecular formula is C19H20FNO. The van der Waals surface area contributed by atoms with Crippen LogP contribution in [0.4, 0.5) is 4.39 Å². The number of rotatable bonds is 3. The van der Waals surface area contributed by atoms with E-state index in [2.05, 4.69) is 19.1 Å². The van der Waals surface area contributed by atoms with E-state index in [4.69, 9.17) is 0 Å². The van der Waals surface area contributed by atoms with Crippen molar-refractivity contribution in [1.29, 1.82) is 0 Å². The Morgan fingerprint density at radius 2 is 2.05 bits per heavy atom. The minimum absolute atomic E-state index is 0.0800. The van der Waals surface area contributed by atoms with Crippen molar-refractivity contribution >= 4 is 5.91 Å². The zero-order valence-corrected chi connectivity index (χ0v) is 12.8. The van der Waals surface area contributed by atoms with Gasteiger partial charge in [-0.15, -0.1) is 0 Å². The van der Waals surface area contributed by atoms with Crippen LogP contribution >= 0.6 is 0 Å². The Hall–Kier alpha value is -2.16. The van der Waals surface area contributed by atoms with Crippen molar-refractivity contribution in [3.8, 4) is 0 Å². The summed E-state index contributed by atoms with van der Waals surface area (Å²) in [5.74, 6) is -0.210. The fourth-order valence-electron chi connectivity index (χ4n) is 3.27. The van der Waals surface area contributed by atoms with Crippen molar-refractivity contribution in [2.45, 2.75) is 32.2 Å². The fraction of sp³-hybridized carbons (Fsp3) is 0.316. The summed E-state index contributed by atoms with van der Waals surface area (Å²) in [6, 6.07) is 14.7. The Bertz CT molecular complexity index is 683. The van der Waals surface area contributed by atoms with E-state index in [1.807, 2.05) is 17.0 Å². The second-order valence-electron chi connectivity index (χ2n) is 5.91. The predicted octanol–water partition coefficient (Wildman–Crippen LogP) is 4.04. The smallest absolute Gasteiger partial charge is 0.227 e. The number of carbonyl (C=O) groups excluding carboxylic acids is 1. The number of likely N-dealkylation sites (tertiary alicyclic amines) is 1. The number of hydrogen-bond donors (Lipinski definition) is 0. The van der Waals surface area contributed by atoms with Crippen LogP contribution in [0.15, 0.2) is 48.5 Å². The molecule has 0 aliphatic carbocycles. The first kappa shape index (κ1) is 14.8. The number of hydrogen-bond acceptors (Lipinski definition) is 1. The molecule has 0 radical (unpaired) electrons. The molecule has 0 saturated carbocycles. The summed E-state index contributed by atoms with van der Waals surface area (Å²) < 4.78 is 13.3. The molecule has 114 valence electrons. The third-order valence-corrected chi connectivity index (χ3v) is 4.36. The molecule has 0 aromatic heterocycles. The molecule has 2 nitrogen and oxygen atoms in total. The molecule has 1 saturated heterocycles. The van der Waals surface area contributed by atoms with Crippen molar-refractivity contribution in [3.63, 3.8) is 0 Å². The van der Waals surface area contributed by atoms with Crippen LogP contribution < -0.4 is 0 Å². The molecule has 2 aromatic carbocycles. The van der Waals surface area contributed by atoms with Gasteiger partial charge in [-0.25, -0.2) is 4.39 Å². The van der Waals surface area contributed by atoms with E-state index in [0.717, 1.165) is 24.9 Å². The molecule has 0 bridgehead atoms. The number of carbonyl (C=O) groups is 1. The van der Waals surface area contributed by atoms with Gasteiger partial charge in [0, 0.05) is 6.54 Å². The van der Waals surface area contributed by atoms with Gasteiger partial charge in [-0.3, -0.25) is 4.79 Å². The Labute approximate surface area is 130 Å². The molecule has 3 rings (SSSR count). The molecule has 3 heteroatoms. The zero-order valence-electron chi connectivity index (χ0n) is 12.8. The maximum atomic E-state index is 13.3. The maximum absolute atomic E-state index is 13.3. The average molecular weight is 297 g/mol. The Kier molecular flexibility index (Phi) is 4.23. The summed E-state index contributed by atoms with van der Waals surface area (Å²) >= 11 is 0. The number of aryl methyl sites for hydroxylation is 1. The van der Waals surface area contributed by atoms with Crippen LogP contribution in [0.1, 0.15) is 35.6 Å². The van der Waals surface area contributed by atoms with Crippen molar-refractivity contribution in [2.75, 3.05) is 6.54 Å². The van der Waals surface area contributed by atoms with Gasteiger partial charge in [-0.05, 0) is 48.6 Å². The van der Waals surface area contributed by atoms with Crippen LogP contribution in [0.25, 0.3) is 0 Å². The maximum Gasteiger partial charge on any atom is 0.227 e. The topological polar surface area (TPSA) is 20.3 Å².